The van der Waals surface area contributed by atoms with Crippen LogP contribution in [0.25, 0.3) is 0 Å². The maximum atomic E-state index is 4.11. The number of nitrogens with zero attached hydrogens (tertiary/aromatic N) is 1. The molecule has 2 nitrogen and oxygen atoms in total. The summed E-state index contributed by atoms with van der Waals surface area (Å²) in [6.07, 6.45) is 9.04. The quantitative estimate of drug-likeness (QED) is 0.720. The average molecular weight is 204 g/mol. The van der Waals surface area contributed by atoms with Gasteiger partial charge in [-0.15, -0.1) is 0 Å². The molecule has 0 radical (unpaired) electrons. The number of aromatic nitrogens is 1. The van der Waals surface area contributed by atoms with E-state index in [1.165, 1.54) is 31.4 Å². The highest BCUT2D eigenvalue weighted by molar-refractivity contribution is 5.08. The summed E-state index contributed by atoms with van der Waals surface area (Å²) in [7, 11) is 0. The molecule has 2 heteroatoms. The van der Waals surface area contributed by atoms with Gasteiger partial charge in [-0.05, 0) is 49.3 Å². The van der Waals surface area contributed by atoms with E-state index in [9.17, 15) is 0 Å². The van der Waals surface area contributed by atoms with E-state index in [1.54, 1.807) is 0 Å². The molecule has 15 heavy (non-hydrogen) atoms. The van der Waals surface area contributed by atoms with E-state index in [0.29, 0.717) is 5.41 Å². The van der Waals surface area contributed by atoms with Crippen molar-refractivity contribution >= 4 is 0 Å². The van der Waals surface area contributed by atoms with E-state index in [1.807, 2.05) is 18.5 Å². The van der Waals surface area contributed by atoms with Crippen molar-refractivity contribution in [1.29, 1.82) is 0 Å². The van der Waals surface area contributed by atoms with E-state index < -0.39 is 0 Å². The predicted octanol–water partition coefficient (Wildman–Crippen LogP) is 2.40. The Morgan fingerprint density at radius 2 is 2.33 bits per heavy atom. The van der Waals surface area contributed by atoms with Crippen LogP contribution in [0.4, 0.5) is 0 Å². The number of hydrogen-bond acceptors (Lipinski definition) is 2. The molecule has 0 spiro atoms. The summed E-state index contributed by atoms with van der Waals surface area (Å²) >= 11 is 0. The fraction of sp³-hybridized carbons (Fsp3) is 0.615. The third-order valence-corrected chi connectivity index (χ3v) is 3.52. The van der Waals surface area contributed by atoms with Crippen LogP contribution < -0.4 is 5.32 Å². The lowest BCUT2D eigenvalue weighted by atomic mass is 10.0. The van der Waals surface area contributed by atoms with Gasteiger partial charge in [0, 0.05) is 18.9 Å². The van der Waals surface area contributed by atoms with Gasteiger partial charge in [0.05, 0.1) is 0 Å². The normalized spacial score (nSPS) is 17.7. The van der Waals surface area contributed by atoms with Crippen LogP contribution >= 0.6 is 0 Å². The molecule has 1 aliphatic carbocycles. The molecule has 0 saturated heterocycles. The Morgan fingerprint density at radius 1 is 1.47 bits per heavy atom. The zero-order valence-corrected chi connectivity index (χ0v) is 9.50. The van der Waals surface area contributed by atoms with E-state index >= 15 is 0 Å². The van der Waals surface area contributed by atoms with Gasteiger partial charge in [0.2, 0.25) is 0 Å². The van der Waals surface area contributed by atoms with Crippen LogP contribution in [-0.2, 0) is 6.42 Å². The largest absolute Gasteiger partial charge is 0.316 e. The minimum atomic E-state index is 0.662. The van der Waals surface area contributed by atoms with Crippen molar-refractivity contribution in [2.24, 2.45) is 5.41 Å². The summed E-state index contributed by atoms with van der Waals surface area (Å²) in [4.78, 5) is 4.11. The molecule has 0 bridgehead atoms. The third-order valence-electron chi connectivity index (χ3n) is 3.52. The average Bonchev–Trinajstić information content (AvgIpc) is 3.07. The van der Waals surface area contributed by atoms with Crippen molar-refractivity contribution in [1.82, 2.24) is 10.3 Å². The van der Waals surface area contributed by atoms with E-state index in [-0.39, 0.29) is 0 Å². The lowest BCUT2D eigenvalue weighted by molar-refractivity contribution is 0.446. The Hall–Kier alpha value is -0.890. The van der Waals surface area contributed by atoms with Gasteiger partial charge in [-0.25, -0.2) is 0 Å². The van der Waals surface area contributed by atoms with Crippen molar-refractivity contribution in [2.75, 3.05) is 13.1 Å². The van der Waals surface area contributed by atoms with Gasteiger partial charge >= 0.3 is 0 Å². The van der Waals surface area contributed by atoms with E-state index in [0.717, 1.165) is 13.0 Å². The highest BCUT2D eigenvalue weighted by Gasteiger charge is 2.39. The molecule has 0 amide bonds. The van der Waals surface area contributed by atoms with Gasteiger partial charge in [-0.1, -0.05) is 13.0 Å². The van der Waals surface area contributed by atoms with Crippen LogP contribution in [0.5, 0.6) is 0 Å². The van der Waals surface area contributed by atoms with Gasteiger partial charge in [-0.2, -0.15) is 0 Å². The SMILES string of the molecule is CCC1(CNCCc2cccnc2)CC1. The molecule has 0 aromatic carbocycles. The van der Waals surface area contributed by atoms with Crippen molar-refractivity contribution < 1.29 is 0 Å². The fourth-order valence-electron chi connectivity index (χ4n) is 1.96. The summed E-state index contributed by atoms with van der Waals surface area (Å²) < 4.78 is 0. The smallest absolute Gasteiger partial charge is 0.0300 e. The summed E-state index contributed by atoms with van der Waals surface area (Å²) in [6, 6.07) is 4.14. The molecule has 1 fully saturated rings. The highest BCUT2D eigenvalue weighted by Crippen LogP contribution is 2.47. The van der Waals surface area contributed by atoms with Crippen LogP contribution in [0.2, 0.25) is 0 Å². The molecule has 1 heterocycles. The van der Waals surface area contributed by atoms with Crippen molar-refractivity contribution in [3.05, 3.63) is 30.1 Å². The van der Waals surface area contributed by atoms with Crippen molar-refractivity contribution in [3.63, 3.8) is 0 Å². The molecule has 0 atom stereocenters. The Balaban J connectivity index is 1.63. The molecule has 1 aliphatic rings. The molecule has 1 aromatic rings. The molecule has 1 N–H and O–H groups in total. The van der Waals surface area contributed by atoms with Crippen LogP contribution in [-0.4, -0.2) is 18.1 Å². The number of hydrogen-bond donors (Lipinski definition) is 1. The maximum Gasteiger partial charge on any atom is 0.0300 e. The van der Waals surface area contributed by atoms with Crippen LogP contribution in [0.1, 0.15) is 31.7 Å². The number of nitrogens with one attached hydrogen (secondary N) is 1. The first-order chi connectivity index (χ1) is 7.35. The molecule has 0 unspecified atom stereocenters. The lowest BCUT2D eigenvalue weighted by Gasteiger charge is -2.13. The lowest BCUT2D eigenvalue weighted by Crippen LogP contribution is -2.25. The summed E-state index contributed by atoms with van der Waals surface area (Å²) in [5, 5.41) is 3.56. The molecule has 0 aliphatic heterocycles. The second kappa shape index (κ2) is 4.75. The van der Waals surface area contributed by atoms with Gasteiger partial charge in [0.25, 0.3) is 0 Å². The van der Waals surface area contributed by atoms with E-state index in [4.69, 9.17) is 0 Å². The zero-order chi connectivity index (χ0) is 10.6. The second-order valence-electron chi connectivity index (χ2n) is 4.64. The van der Waals surface area contributed by atoms with E-state index in [2.05, 4.69) is 23.3 Å². The highest BCUT2D eigenvalue weighted by atomic mass is 14.9. The first kappa shape index (κ1) is 10.6. The molecular formula is C13H20N2. The van der Waals surface area contributed by atoms with Gasteiger partial charge < -0.3 is 5.32 Å². The second-order valence-corrected chi connectivity index (χ2v) is 4.64. The van der Waals surface area contributed by atoms with Crippen LogP contribution in [0, 0.1) is 5.41 Å². The van der Waals surface area contributed by atoms with Gasteiger partial charge in [-0.3, -0.25) is 4.98 Å². The maximum absolute atomic E-state index is 4.11. The topological polar surface area (TPSA) is 24.9 Å². The summed E-state index contributed by atoms with van der Waals surface area (Å²) in [5.74, 6) is 0. The Labute approximate surface area is 92.1 Å². The molecular weight excluding hydrogens is 184 g/mol. The number of pyridine rings is 1. The Morgan fingerprint density at radius 3 is 2.93 bits per heavy atom. The standard InChI is InChI=1S/C13H20N2/c1-2-13(6-7-13)11-15-9-5-12-4-3-8-14-10-12/h3-4,8,10,15H,2,5-7,9,11H2,1H3. The minimum absolute atomic E-state index is 0.662. The monoisotopic (exact) mass is 204 g/mol. The first-order valence-electron chi connectivity index (χ1n) is 5.94. The summed E-state index contributed by atoms with van der Waals surface area (Å²) in [5.41, 5.74) is 1.99. The third kappa shape index (κ3) is 3.03. The van der Waals surface area contributed by atoms with Gasteiger partial charge in [0.1, 0.15) is 0 Å². The first-order valence-corrected chi connectivity index (χ1v) is 5.94. The molecule has 82 valence electrons. The minimum Gasteiger partial charge on any atom is -0.316 e. The number of rotatable bonds is 6. The fourth-order valence-corrected chi connectivity index (χ4v) is 1.96. The molecule has 2 rings (SSSR count). The zero-order valence-electron chi connectivity index (χ0n) is 9.50. The molecule has 1 saturated carbocycles. The van der Waals surface area contributed by atoms with Crippen LogP contribution in [0.3, 0.4) is 0 Å². The van der Waals surface area contributed by atoms with Crippen LogP contribution in [0.15, 0.2) is 24.5 Å². The van der Waals surface area contributed by atoms with Crippen molar-refractivity contribution in [3.8, 4) is 0 Å². The predicted molar refractivity (Wildman–Crippen MR) is 62.8 cm³/mol. The summed E-state index contributed by atoms with van der Waals surface area (Å²) in [6.45, 7) is 4.58. The van der Waals surface area contributed by atoms with Gasteiger partial charge in [0.15, 0.2) is 0 Å². The Kier molecular flexibility index (Phi) is 3.37. The van der Waals surface area contributed by atoms with Crippen molar-refractivity contribution in [2.45, 2.75) is 32.6 Å². The Bertz CT molecular complexity index is 291. The molecule has 1 aromatic heterocycles.